The average Bonchev–Trinajstić information content (AvgIpc) is 3.17. The summed E-state index contributed by atoms with van der Waals surface area (Å²) in [7, 11) is 1.64. The Hall–Kier alpha value is -2.10. The van der Waals surface area contributed by atoms with E-state index in [0.717, 1.165) is 18.2 Å². The quantitative estimate of drug-likeness (QED) is 0.866. The van der Waals surface area contributed by atoms with Crippen molar-refractivity contribution in [2.75, 3.05) is 0 Å². The largest absolute Gasteiger partial charge is 0.348 e. The number of nitrogens with zero attached hydrogens (tertiary/aromatic N) is 1. The average molecular weight is 242 g/mol. The van der Waals surface area contributed by atoms with Crippen molar-refractivity contribution in [2.45, 2.75) is 18.9 Å². The first-order valence-electron chi connectivity index (χ1n) is 6.06. The first-order chi connectivity index (χ1) is 8.66. The van der Waals surface area contributed by atoms with Gasteiger partial charge in [0.05, 0.1) is 0 Å². The van der Waals surface area contributed by atoms with E-state index in [-0.39, 0.29) is 11.5 Å². The molecular formula is C14H14N2O2. The normalized spacial score (nSPS) is 14.7. The van der Waals surface area contributed by atoms with Gasteiger partial charge in [-0.05, 0) is 30.4 Å². The van der Waals surface area contributed by atoms with Crippen molar-refractivity contribution in [3.63, 3.8) is 0 Å². The number of carbonyl (C=O) groups excluding carboxylic acids is 1. The van der Waals surface area contributed by atoms with E-state index in [9.17, 15) is 9.59 Å². The van der Waals surface area contributed by atoms with Crippen LogP contribution in [-0.4, -0.2) is 16.5 Å². The number of aromatic nitrogens is 1. The van der Waals surface area contributed by atoms with Crippen molar-refractivity contribution < 1.29 is 4.79 Å². The second kappa shape index (κ2) is 3.98. The SMILES string of the molecule is Cn1c(C(=O)NC2CC2)cc2ccccc2c1=O. The van der Waals surface area contributed by atoms with E-state index in [1.54, 1.807) is 19.2 Å². The first-order valence-corrected chi connectivity index (χ1v) is 6.06. The number of pyridine rings is 1. The zero-order chi connectivity index (χ0) is 12.7. The zero-order valence-corrected chi connectivity index (χ0v) is 10.1. The Balaban J connectivity index is 2.14. The smallest absolute Gasteiger partial charge is 0.268 e. The Bertz CT molecular complexity index is 684. The lowest BCUT2D eigenvalue weighted by Crippen LogP contribution is -2.32. The second-order valence-electron chi connectivity index (χ2n) is 4.73. The Morgan fingerprint density at radius 2 is 2.06 bits per heavy atom. The Labute approximate surface area is 104 Å². The summed E-state index contributed by atoms with van der Waals surface area (Å²) in [5.41, 5.74) is 0.291. The molecular weight excluding hydrogens is 228 g/mol. The van der Waals surface area contributed by atoms with Gasteiger partial charge in [-0.15, -0.1) is 0 Å². The highest BCUT2D eigenvalue weighted by Gasteiger charge is 2.25. The molecule has 1 aromatic carbocycles. The Morgan fingerprint density at radius 3 is 2.78 bits per heavy atom. The third kappa shape index (κ3) is 1.79. The summed E-state index contributed by atoms with van der Waals surface area (Å²) < 4.78 is 1.42. The summed E-state index contributed by atoms with van der Waals surface area (Å²) in [4.78, 5) is 24.2. The molecule has 0 atom stereocenters. The van der Waals surface area contributed by atoms with Gasteiger partial charge in [0.25, 0.3) is 11.5 Å². The number of nitrogens with one attached hydrogen (secondary N) is 1. The van der Waals surface area contributed by atoms with Gasteiger partial charge in [0.1, 0.15) is 5.69 Å². The van der Waals surface area contributed by atoms with Gasteiger partial charge >= 0.3 is 0 Å². The molecule has 1 aliphatic rings. The fourth-order valence-electron chi connectivity index (χ4n) is 2.06. The molecule has 1 amide bonds. The molecule has 0 bridgehead atoms. The monoisotopic (exact) mass is 242 g/mol. The van der Waals surface area contributed by atoms with E-state index < -0.39 is 0 Å². The predicted octanol–water partition coefficient (Wildman–Crippen LogP) is 1.43. The van der Waals surface area contributed by atoms with Gasteiger partial charge in [-0.2, -0.15) is 0 Å². The predicted molar refractivity (Wildman–Crippen MR) is 69.7 cm³/mol. The first kappa shape index (κ1) is 11.0. The summed E-state index contributed by atoms with van der Waals surface area (Å²) in [6, 6.07) is 9.39. The molecule has 1 aromatic heterocycles. The summed E-state index contributed by atoms with van der Waals surface area (Å²) >= 11 is 0. The summed E-state index contributed by atoms with van der Waals surface area (Å²) in [6.45, 7) is 0. The van der Waals surface area contributed by atoms with Crippen LogP contribution in [0, 0.1) is 0 Å². The fraction of sp³-hybridized carbons (Fsp3) is 0.286. The van der Waals surface area contributed by atoms with Crippen LogP contribution in [0.3, 0.4) is 0 Å². The topological polar surface area (TPSA) is 51.1 Å². The highest BCUT2D eigenvalue weighted by molar-refractivity contribution is 5.96. The van der Waals surface area contributed by atoms with Gasteiger partial charge in [0, 0.05) is 18.5 Å². The lowest BCUT2D eigenvalue weighted by molar-refractivity contribution is 0.0942. The van der Waals surface area contributed by atoms with Crippen LogP contribution < -0.4 is 10.9 Å². The molecule has 1 heterocycles. The third-order valence-corrected chi connectivity index (χ3v) is 3.29. The lowest BCUT2D eigenvalue weighted by atomic mass is 10.1. The maximum absolute atomic E-state index is 12.1. The van der Waals surface area contributed by atoms with Crippen molar-refractivity contribution in [1.82, 2.24) is 9.88 Å². The van der Waals surface area contributed by atoms with Crippen molar-refractivity contribution >= 4 is 16.7 Å². The summed E-state index contributed by atoms with van der Waals surface area (Å²) in [5.74, 6) is -0.164. The van der Waals surface area contributed by atoms with Crippen LogP contribution in [0.25, 0.3) is 10.8 Å². The molecule has 4 nitrogen and oxygen atoms in total. The standard InChI is InChI=1S/C14H14N2O2/c1-16-12(13(17)15-10-6-7-10)8-9-4-2-3-5-11(9)14(16)18/h2-5,8,10H,6-7H2,1H3,(H,15,17). The number of hydrogen-bond acceptors (Lipinski definition) is 2. The van der Waals surface area contributed by atoms with Crippen LogP contribution in [-0.2, 0) is 7.05 Å². The molecule has 1 fully saturated rings. The molecule has 2 aromatic rings. The van der Waals surface area contributed by atoms with E-state index in [2.05, 4.69) is 5.32 Å². The molecule has 0 aliphatic heterocycles. The number of carbonyl (C=O) groups is 1. The van der Waals surface area contributed by atoms with Crippen LogP contribution in [0.15, 0.2) is 35.1 Å². The molecule has 1 N–H and O–H groups in total. The number of fused-ring (bicyclic) bond motifs is 1. The molecule has 92 valence electrons. The maximum Gasteiger partial charge on any atom is 0.268 e. The third-order valence-electron chi connectivity index (χ3n) is 3.29. The van der Waals surface area contributed by atoms with Crippen LogP contribution >= 0.6 is 0 Å². The van der Waals surface area contributed by atoms with Crippen molar-refractivity contribution in [1.29, 1.82) is 0 Å². The van der Waals surface area contributed by atoms with Gasteiger partial charge < -0.3 is 9.88 Å². The van der Waals surface area contributed by atoms with E-state index in [1.165, 1.54) is 4.57 Å². The van der Waals surface area contributed by atoms with Crippen molar-refractivity contribution in [2.24, 2.45) is 7.05 Å². The Kier molecular flexibility index (Phi) is 2.44. The molecule has 1 aliphatic carbocycles. The minimum absolute atomic E-state index is 0.131. The summed E-state index contributed by atoms with van der Waals surface area (Å²) in [5, 5.41) is 4.35. The minimum atomic E-state index is -0.164. The number of benzene rings is 1. The van der Waals surface area contributed by atoms with E-state index in [0.29, 0.717) is 17.1 Å². The Morgan fingerprint density at radius 1 is 1.33 bits per heavy atom. The fourth-order valence-corrected chi connectivity index (χ4v) is 2.06. The molecule has 4 heteroatoms. The lowest BCUT2D eigenvalue weighted by Gasteiger charge is -2.10. The van der Waals surface area contributed by atoms with E-state index in [1.807, 2.05) is 18.2 Å². The second-order valence-corrected chi connectivity index (χ2v) is 4.73. The number of hydrogen-bond donors (Lipinski definition) is 1. The van der Waals surface area contributed by atoms with Gasteiger partial charge in [-0.25, -0.2) is 0 Å². The molecule has 0 spiro atoms. The van der Waals surface area contributed by atoms with Gasteiger partial charge in [0.2, 0.25) is 0 Å². The van der Waals surface area contributed by atoms with Crippen LogP contribution in [0.1, 0.15) is 23.3 Å². The van der Waals surface area contributed by atoms with Crippen LogP contribution in [0.5, 0.6) is 0 Å². The molecule has 18 heavy (non-hydrogen) atoms. The molecule has 0 saturated heterocycles. The number of amides is 1. The zero-order valence-electron chi connectivity index (χ0n) is 10.1. The van der Waals surface area contributed by atoms with Gasteiger partial charge in [-0.3, -0.25) is 9.59 Å². The molecule has 0 radical (unpaired) electrons. The highest BCUT2D eigenvalue weighted by atomic mass is 16.2. The molecule has 3 rings (SSSR count). The number of rotatable bonds is 2. The van der Waals surface area contributed by atoms with E-state index >= 15 is 0 Å². The van der Waals surface area contributed by atoms with Gasteiger partial charge in [-0.1, -0.05) is 18.2 Å². The van der Waals surface area contributed by atoms with Crippen molar-refractivity contribution in [3.8, 4) is 0 Å². The van der Waals surface area contributed by atoms with Crippen molar-refractivity contribution in [3.05, 3.63) is 46.4 Å². The van der Waals surface area contributed by atoms with Gasteiger partial charge in [0.15, 0.2) is 0 Å². The minimum Gasteiger partial charge on any atom is -0.348 e. The molecule has 0 unspecified atom stereocenters. The molecule has 1 saturated carbocycles. The highest BCUT2D eigenvalue weighted by Crippen LogP contribution is 2.19. The maximum atomic E-state index is 12.1. The van der Waals surface area contributed by atoms with Crippen LogP contribution in [0.2, 0.25) is 0 Å². The summed E-state index contributed by atoms with van der Waals surface area (Å²) in [6.07, 6.45) is 2.07. The van der Waals surface area contributed by atoms with Crippen LogP contribution in [0.4, 0.5) is 0 Å². The van der Waals surface area contributed by atoms with E-state index in [4.69, 9.17) is 0 Å².